The summed E-state index contributed by atoms with van der Waals surface area (Å²) in [6.07, 6.45) is 3.05. The highest BCUT2D eigenvalue weighted by molar-refractivity contribution is 7.91. The molecule has 0 aliphatic carbocycles. The Morgan fingerprint density at radius 3 is 2.47 bits per heavy atom. The Hall–Kier alpha value is -3.33. The van der Waals surface area contributed by atoms with Crippen LogP contribution in [-0.2, 0) is 26.6 Å². The van der Waals surface area contributed by atoms with Gasteiger partial charge in [0.2, 0.25) is 17.6 Å². The standard InChI is InChI=1S/C29H35N3O5S/c1-6-7-8-9-24(33)21-12-15-25-23(16-21)32(28(34)19(2)18-38(25,35)36)17-26-30-27(31-37-26)20-10-13-22(14-11-20)29(3,4)5/h10-16,19H,6-9,17-18H2,1-5H3. The second-order valence-electron chi connectivity index (χ2n) is 11.0. The van der Waals surface area contributed by atoms with Crippen molar-refractivity contribution in [1.29, 1.82) is 0 Å². The highest BCUT2D eigenvalue weighted by Crippen LogP contribution is 2.35. The zero-order valence-electron chi connectivity index (χ0n) is 22.7. The maximum Gasteiger partial charge on any atom is 0.247 e. The van der Waals surface area contributed by atoms with E-state index in [1.54, 1.807) is 6.92 Å². The number of unbranched alkanes of at least 4 members (excludes halogenated alkanes) is 2. The molecule has 2 aromatic carbocycles. The van der Waals surface area contributed by atoms with E-state index in [1.807, 2.05) is 24.3 Å². The van der Waals surface area contributed by atoms with Crippen LogP contribution in [0.2, 0.25) is 0 Å². The van der Waals surface area contributed by atoms with E-state index >= 15 is 0 Å². The Morgan fingerprint density at radius 2 is 1.82 bits per heavy atom. The predicted octanol–water partition coefficient (Wildman–Crippen LogP) is 5.75. The van der Waals surface area contributed by atoms with Gasteiger partial charge in [-0.25, -0.2) is 8.42 Å². The van der Waals surface area contributed by atoms with Crippen molar-refractivity contribution in [2.24, 2.45) is 5.92 Å². The van der Waals surface area contributed by atoms with E-state index in [0.717, 1.165) is 24.8 Å². The highest BCUT2D eigenvalue weighted by Gasteiger charge is 2.36. The molecule has 0 N–H and O–H groups in total. The van der Waals surface area contributed by atoms with Gasteiger partial charge in [-0.1, -0.05) is 76.9 Å². The van der Waals surface area contributed by atoms with Crippen LogP contribution in [0.4, 0.5) is 5.69 Å². The molecule has 0 fully saturated rings. The molecule has 202 valence electrons. The third-order valence-electron chi connectivity index (χ3n) is 6.84. The number of carbonyl (C=O) groups excluding carboxylic acids is 2. The summed E-state index contributed by atoms with van der Waals surface area (Å²) in [7, 11) is -3.74. The van der Waals surface area contributed by atoms with Crippen molar-refractivity contribution in [3.05, 3.63) is 59.5 Å². The number of hydrogen-bond donors (Lipinski definition) is 0. The molecule has 2 heterocycles. The number of anilines is 1. The lowest BCUT2D eigenvalue weighted by Crippen LogP contribution is -2.35. The summed E-state index contributed by atoms with van der Waals surface area (Å²) in [5, 5.41) is 4.09. The average molecular weight is 538 g/mol. The second-order valence-corrected chi connectivity index (χ2v) is 13.0. The van der Waals surface area contributed by atoms with E-state index in [0.29, 0.717) is 17.8 Å². The minimum Gasteiger partial charge on any atom is -0.337 e. The number of sulfone groups is 1. The number of aromatic nitrogens is 2. The van der Waals surface area contributed by atoms with Gasteiger partial charge in [-0.15, -0.1) is 0 Å². The van der Waals surface area contributed by atoms with Gasteiger partial charge in [-0.05, 0) is 35.6 Å². The Bertz CT molecular complexity index is 1440. The summed E-state index contributed by atoms with van der Waals surface area (Å²) < 4.78 is 31.7. The van der Waals surface area contributed by atoms with Gasteiger partial charge in [-0.2, -0.15) is 4.98 Å². The Morgan fingerprint density at radius 1 is 1.11 bits per heavy atom. The van der Waals surface area contributed by atoms with E-state index < -0.39 is 15.8 Å². The Labute approximate surface area is 224 Å². The van der Waals surface area contributed by atoms with Crippen molar-refractivity contribution in [3.63, 3.8) is 0 Å². The molecule has 9 heteroatoms. The normalized spacial score (nSPS) is 17.2. The van der Waals surface area contributed by atoms with Crippen molar-refractivity contribution in [1.82, 2.24) is 10.1 Å². The van der Waals surface area contributed by atoms with Gasteiger partial charge in [0.05, 0.1) is 16.3 Å². The molecule has 1 aliphatic heterocycles. The van der Waals surface area contributed by atoms with Gasteiger partial charge in [0.15, 0.2) is 15.6 Å². The third kappa shape index (κ3) is 5.88. The summed E-state index contributed by atoms with van der Waals surface area (Å²) >= 11 is 0. The lowest BCUT2D eigenvalue weighted by molar-refractivity contribution is -0.121. The zero-order chi connectivity index (χ0) is 27.7. The summed E-state index contributed by atoms with van der Waals surface area (Å²) in [6, 6.07) is 12.4. The molecule has 38 heavy (non-hydrogen) atoms. The molecule has 0 saturated heterocycles. The number of carbonyl (C=O) groups is 2. The molecule has 1 unspecified atom stereocenters. The SMILES string of the molecule is CCCCCC(=O)c1ccc2c(c1)N(Cc1nc(-c3ccc(C(C)(C)C)cc3)no1)C(=O)C(C)CS2(=O)=O. The van der Waals surface area contributed by atoms with E-state index in [4.69, 9.17) is 4.52 Å². The molecule has 1 aliphatic rings. The van der Waals surface area contributed by atoms with E-state index in [1.165, 1.54) is 28.7 Å². The van der Waals surface area contributed by atoms with Gasteiger partial charge in [-0.3, -0.25) is 9.59 Å². The van der Waals surface area contributed by atoms with Crippen molar-refractivity contribution < 1.29 is 22.5 Å². The van der Waals surface area contributed by atoms with Crippen LogP contribution < -0.4 is 4.90 Å². The van der Waals surface area contributed by atoms with Crippen LogP contribution in [0.3, 0.4) is 0 Å². The van der Waals surface area contributed by atoms with Gasteiger partial charge in [0.1, 0.15) is 6.54 Å². The van der Waals surface area contributed by atoms with Crippen LogP contribution in [0.1, 0.15) is 82.1 Å². The Balaban J connectivity index is 1.67. The van der Waals surface area contributed by atoms with Crippen LogP contribution in [0.15, 0.2) is 51.9 Å². The van der Waals surface area contributed by atoms with Crippen molar-refractivity contribution in [3.8, 4) is 11.4 Å². The lowest BCUT2D eigenvalue weighted by atomic mass is 9.87. The number of Topliss-reactive ketones (excluding diaryl/α,β-unsaturated/α-hetero) is 1. The van der Waals surface area contributed by atoms with Crippen LogP contribution in [0.5, 0.6) is 0 Å². The molecule has 3 aromatic rings. The topological polar surface area (TPSA) is 110 Å². The highest BCUT2D eigenvalue weighted by atomic mass is 32.2. The van der Waals surface area contributed by atoms with E-state index in [9.17, 15) is 18.0 Å². The van der Waals surface area contributed by atoms with Crippen molar-refractivity contribution >= 4 is 27.2 Å². The van der Waals surface area contributed by atoms with Gasteiger partial charge in [0, 0.05) is 23.5 Å². The number of nitrogens with zero attached hydrogens (tertiary/aromatic N) is 3. The smallest absolute Gasteiger partial charge is 0.247 e. The van der Waals surface area contributed by atoms with Crippen LogP contribution in [0.25, 0.3) is 11.4 Å². The average Bonchev–Trinajstić information content (AvgIpc) is 3.32. The van der Waals surface area contributed by atoms with Crippen molar-refractivity contribution in [2.75, 3.05) is 10.7 Å². The largest absolute Gasteiger partial charge is 0.337 e. The minimum atomic E-state index is -3.74. The first-order valence-corrected chi connectivity index (χ1v) is 14.7. The molecule has 1 amide bonds. The number of amides is 1. The first-order valence-electron chi connectivity index (χ1n) is 13.1. The molecule has 4 rings (SSSR count). The van der Waals surface area contributed by atoms with Gasteiger partial charge >= 0.3 is 0 Å². The maximum atomic E-state index is 13.4. The quantitative estimate of drug-likeness (QED) is 0.266. The number of fused-ring (bicyclic) bond motifs is 1. The molecular formula is C29H35N3O5S. The van der Waals surface area contributed by atoms with Gasteiger partial charge < -0.3 is 9.42 Å². The minimum absolute atomic E-state index is 0.00866. The summed E-state index contributed by atoms with van der Waals surface area (Å²) in [4.78, 5) is 32.1. The van der Waals surface area contributed by atoms with E-state index in [-0.39, 0.29) is 45.9 Å². The summed E-state index contributed by atoms with van der Waals surface area (Å²) in [5.41, 5.74) is 2.51. The van der Waals surface area contributed by atoms with Crippen LogP contribution >= 0.6 is 0 Å². The number of benzene rings is 2. The van der Waals surface area contributed by atoms with Crippen LogP contribution in [0, 0.1) is 5.92 Å². The van der Waals surface area contributed by atoms with Crippen LogP contribution in [-0.4, -0.2) is 36.0 Å². The fraction of sp³-hybridized carbons (Fsp3) is 0.448. The molecule has 8 nitrogen and oxygen atoms in total. The van der Waals surface area contributed by atoms with E-state index in [2.05, 4.69) is 37.8 Å². The Kier molecular flexibility index (Phi) is 7.88. The number of ketones is 1. The van der Waals surface area contributed by atoms with Crippen molar-refractivity contribution in [2.45, 2.75) is 77.2 Å². The zero-order valence-corrected chi connectivity index (χ0v) is 23.5. The molecular weight excluding hydrogens is 502 g/mol. The first kappa shape index (κ1) is 27.7. The molecule has 0 spiro atoms. The fourth-order valence-electron chi connectivity index (χ4n) is 4.57. The number of rotatable bonds is 8. The number of hydrogen-bond acceptors (Lipinski definition) is 7. The molecule has 0 saturated carbocycles. The summed E-state index contributed by atoms with van der Waals surface area (Å²) in [6.45, 7) is 9.95. The second kappa shape index (κ2) is 10.8. The lowest BCUT2D eigenvalue weighted by Gasteiger charge is -2.23. The maximum absolute atomic E-state index is 13.4. The van der Waals surface area contributed by atoms with Gasteiger partial charge in [0.25, 0.3) is 0 Å². The molecule has 1 atom stereocenters. The molecule has 1 aromatic heterocycles. The summed E-state index contributed by atoms with van der Waals surface area (Å²) in [5.74, 6) is -0.995. The first-order chi connectivity index (χ1) is 17.9. The monoisotopic (exact) mass is 537 g/mol. The predicted molar refractivity (Wildman–Crippen MR) is 146 cm³/mol. The molecule has 0 bridgehead atoms. The fourth-order valence-corrected chi connectivity index (χ4v) is 6.32. The molecule has 0 radical (unpaired) electrons. The third-order valence-corrected chi connectivity index (χ3v) is 8.80.